The molecule has 13 heteroatoms. The summed E-state index contributed by atoms with van der Waals surface area (Å²) >= 11 is 0. The molecule has 0 radical (unpaired) electrons. The minimum atomic E-state index is -3.84. The Hall–Kier alpha value is -2.83. The molecule has 0 saturated carbocycles. The van der Waals surface area contributed by atoms with E-state index < -0.39 is 73.0 Å². The monoisotopic (exact) mass is 439 g/mol. The van der Waals surface area contributed by atoms with Gasteiger partial charge in [-0.25, -0.2) is 0 Å². The summed E-state index contributed by atoms with van der Waals surface area (Å²) in [5, 5.41) is 1.89. The van der Waals surface area contributed by atoms with Gasteiger partial charge in [-0.05, 0) is 0 Å². The van der Waals surface area contributed by atoms with E-state index in [2.05, 4.69) is 0 Å². The van der Waals surface area contributed by atoms with Crippen molar-refractivity contribution < 1.29 is 56.4 Å². The van der Waals surface area contributed by atoms with E-state index in [9.17, 15) is 32.8 Å². The lowest BCUT2D eigenvalue weighted by Crippen LogP contribution is -2.67. The molecule has 1 heterocycles. The number of nitrogens with one attached hydrogen (secondary N) is 1. The van der Waals surface area contributed by atoms with E-state index in [1.165, 1.54) is 0 Å². The molecule has 1 fully saturated rings. The van der Waals surface area contributed by atoms with Crippen LogP contribution in [0.15, 0.2) is 0 Å². The first-order valence-electron chi connectivity index (χ1n) is 8.71. The largest absolute Gasteiger partial charge is 0.463 e. The maximum atomic E-state index is 13.4. The molecule has 0 aliphatic carbocycles. The number of carbonyl (C=O) groups excluding carboxylic acids is 5. The Bertz CT molecular complexity index is 693. The number of alkyl halides is 2. The van der Waals surface area contributed by atoms with Gasteiger partial charge < -0.3 is 29.0 Å². The van der Waals surface area contributed by atoms with Gasteiger partial charge in [0.25, 0.3) is 5.91 Å². The third kappa shape index (κ3) is 7.54. The van der Waals surface area contributed by atoms with Gasteiger partial charge in [0.05, 0.1) is 0 Å². The average molecular weight is 439 g/mol. The van der Waals surface area contributed by atoms with E-state index in [1.807, 2.05) is 5.32 Å². The highest BCUT2D eigenvalue weighted by Gasteiger charge is 2.53. The Morgan fingerprint density at radius 3 is 1.80 bits per heavy atom. The molecule has 1 N–H and O–H groups in total. The van der Waals surface area contributed by atoms with Crippen LogP contribution >= 0.6 is 0 Å². The van der Waals surface area contributed by atoms with Gasteiger partial charge in [-0.15, -0.1) is 0 Å². The standard InChI is InChI=1S/C17H23F2NO10/c1-7(21)26-6-11-13(27-8(2)22)14(28-9(3)23)12(15(30-11)29-10(4)24)20-16(25)17(5,18)19/h11-15H,6H2,1-5H3,(H,20,25)/t11-,12-,13+,14-,15?/m1/s1. The highest BCUT2D eigenvalue weighted by Crippen LogP contribution is 2.28. The third-order valence-electron chi connectivity index (χ3n) is 3.68. The van der Waals surface area contributed by atoms with Crippen molar-refractivity contribution in [1.82, 2.24) is 5.32 Å². The van der Waals surface area contributed by atoms with E-state index in [4.69, 9.17) is 23.7 Å². The van der Waals surface area contributed by atoms with Crippen molar-refractivity contribution in [3.05, 3.63) is 0 Å². The number of amides is 1. The predicted molar refractivity (Wildman–Crippen MR) is 90.7 cm³/mol. The van der Waals surface area contributed by atoms with Crippen LogP contribution in [0.1, 0.15) is 34.6 Å². The summed E-state index contributed by atoms with van der Waals surface area (Å²) in [6.45, 7) is 3.86. The van der Waals surface area contributed by atoms with E-state index in [-0.39, 0.29) is 0 Å². The fraction of sp³-hybridized carbons (Fsp3) is 0.706. The highest BCUT2D eigenvalue weighted by molar-refractivity contribution is 5.83. The molecule has 170 valence electrons. The number of halogens is 2. The molecule has 1 unspecified atom stereocenters. The fourth-order valence-electron chi connectivity index (χ4n) is 2.60. The van der Waals surface area contributed by atoms with Crippen LogP contribution in [-0.4, -0.2) is 73.0 Å². The number of carbonyl (C=O) groups is 5. The molecule has 0 bridgehead atoms. The lowest BCUT2D eigenvalue weighted by atomic mass is 9.95. The third-order valence-corrected chi connectivity index (χ3v) is 3.68. The zero-order chi connectivity index (χ0) is 23.2. The number of ether oxygens (including phenoxy) is 5. The number of esters is 4. The molecule has 0 aromatic carbocycles. The van der Waals surface area contributed by atoms with Crippen LogP contribution in [0.5, 0.6) is 0 Å². The number of hydrogen-bond acceptors (Lipinski definition) is 10. The summed E-state index contributed by atoms with van der Waals surface area (Å²) in [6, 6.07) is -1.67. The van der Waals surface area contributed by atoms with Crippen LogP contribution in [0, 0.1) is 0 Å². The maximum Gasteiger partial charge on any atom is 0.321 e. The Morgan fingerprint density at radius 2 is 1.37 bits per heavy atom. The van der Waals surface area contributed by atoms with Gasteiger partial charge in [0.15, 0.2) is 12.2 Å². The molecule has 1 aliphatic heterocycles. The summed E-state index contributed by atoms with van der Waals surface area (Å²) < 4.78 is 52.2. The van der Waals surface area contributed by atoms with Crippen LogP contribution < -0.4 is 5.32 Å². The van der Waals surface area contributed by atoms with Gasteiger partial charge in [0, 0.05) is 34.6 Å². The van der Waals surface area contributed by atoms with Crippen molar-refractivity contribution in [2.45, 2.75) is 71.2 Å². The average Bonchev–Trinajstić information content (AvgIpc) is 2.56. The first kappa shape index (κ1) is 25.2. The molecule has 1 saturated heterocycles. The zero-order valence-corrected chi connectivity index (χ0v) is 16.9. The minimum Gasteiger partial charge on any atom is -0.463 e. The first-order valence-corrected chi connectivity index (χ1v) is 8.71. The normalized spacial score (nSPS) is 26.2. The second kappa shape index (κ2) is 10.3. The molecular weight excluding hydrogens is 416 g/mol. The van der Waals surface area contributed by atoms with Gasteiger partial charge in [0.2, 0.25) is 6.29 Å². The summed E-state index contributed by atoms with van der Waals surface area (Å²) in [5.41, 5.74) is 0. The summed E-state index contributed by atoms with van der Waals surface area (Å²) in [5.74, 6) is -9.06. The molecule has 0 aromatic heterocycles. The lowest BCUT2D eigenvalue weighted by molar-refractivity contribution is -0.271. The second-order valence-corrected chi connectivity index (χ2v) is 6.49. The topological polar surface area (TPSA) is 144 Å². The first-order chi connectivity index (χ1) is 13.7. The number of rotatable bonds is 7. The van der Waals surface area contributed by atoms with Gasteiger partial charge in [-0.3, -0.25) is 24.0 Å². The van der Waals surface area contributed by atoms with Crippen molar-refractivity contribution in [2.75, 3.05) is 6.61 Å². The van der Waals surface area contributed by atoms with E-state index in [0.717, 1.165) is 27.7 Å². The lowest BCUT2D eigenvalue weighted by Gasteiger charge is -2.44. The second-order valence-electron chi connectivity index (χ2n) is 6.49. The molecule has 11 nitrogen and oxygen atoms in total. The summed E-state index contributed by atoms with van der Waals surface area (Å²) in [4.78, 5) is 57.6. The van der Waals surface area contributed by atoms with E-state index in [0.29, 0.717) is 6.92 Å². The Kier molecular flexibility index (Phi) is 8.63. The Labute approximate surface area is 170 Å². The zero-order valence-electron chi connectivity index (χ0n) is 16.9. The van der Waals surface area contributed by atoms with Crippen LogP contribution in [0.2, 0.25) is 0 Å². The van der Waals surface area contributed by atoms with Crippen molar-refractivity contribution >= 4 is 29.8 Å². The predicted octanol–water partition coefficient (Wildman–Crippen LogP) is -0.159. The van der Waals surface area contributed by atoms with Crippen molar-refractivity contribution in [3.8, 4) is 0 Å². The molecule has 1 aliphatic rings. The van der Waals surface area contributed by atoms with Crippen LogP contribution in [0.3, 0.4) is 0 Å². The Morgan fingerprint density at radius 1 is 0.867 bits per heavy atom. The SMILES string of the molecule is CC(=O)OC[C@H]1OC(OC(C)=O)[C@H](NC(=O)C(C)(F)F)[C@@H](OC(C)=O)[C@H]1OC(C)=O. The molecule has 0 spiro atoms. The summed E-state index contributed by atoms with van der Waals surface area (Å²) in [7, 11) is 0. The van der Waals surface area contributed by atoms with E-state index >= 15 is 0 Å². The van der Waals surface area contributed by atoms with Crippen LogP contribution in [-0.2, 0) is 47.7 Å². The van der Waals surface area contributed by atoms with Crippen LogP contribution in [0.25, 0.3) is 0 Å². The van der Waals surface area contributed by atoms with Crippen molar-refractivity contribution in [2.24, 2.45) is 0 Å². The smallest absolute Gasteiger partial charge is 0.321 e. The molecule has 1 amide bonds. The van der Waals surface area contributed by atoms with Crippen molar-refractivity contribution in [1.29, 1.82) is 0 Å². The maximum absolute atomic E-state index is 13.4. The molecular formula is C17H23F2NO10. The quantitative estimate of drug-likeness (QED) is 0.420. The molecule has 30 heavy (non-hydrogen) atoms. The molecule has 0 aromatic rings. The minimum absolute atomic E-state index is 0.320. The number of hydrogen-bond donors (Lipinski definition) is 1. The van der Waals surface area contributed by atoms with E-state index in [1.54, 1.807) is 0 Å². The van der Waals surface area contributed by atoms with Crippen LogP contribution in [0.4, 0.5) is 8.78 Å². The highest BCUT2D eigenvalue weighted by atomic mass is 19.3. The summed E-state index contributed by atoms with van der Waals surface area (Å²) in [6.07, 6.45) is -6.16. The van der Waals surface area contributed by atoms with Gasteiger partial charge in [0.1, 0.15) is 18.8 Å². The fourth-order valence-corrected chi connectivity index (χ4v) is 2.60. The molecule has 5 atom stereocenters. The van der Waals surface area contributed by atoms with Gasteiger partial charge in [-0.1, -0.05) is 0 Å². The Balaban J connectivity index is 3.39. The molecule has 1 rings (SSSR count). The van der Waals surface area contributed by atoms with Gasteiger partial charge >= 0.3 is 29.8 Å². The van der Waals surface area contributed by atoms with Crippen molar-refractivity contribution in [3.63, 3.8) is 0 Å². The van der Waals surface area contributed by atoms with Gasteiger partial charge in [-0.2, -0.15) is 8.78 Å².